The predicted molar refractivity (Wildman–Crippen MR) is 103 cm³/mol. The number of halogens is 2. The van der Waals surface area contributed by atoms with Crippen LogP contribution in [-0.4, -0.2) is 47.5 Å². The third-order valence-corrected chi connectivity index (χ3v) is 4.88. The van der Waals surface area contributed by atoms with Crippen molar-refractivity contribution in [1.29, 1.82) is 0 Å². The van der Waals surface area contributed by atoms with Gasteiger partial charge in [0, 0.05) is 42.6 Å². The average Bonchev–Trinajstić information content (AvgIpc) is 2.55. The molecule has 0 saturated carbocycles. The highest BCUT2D eigenvalue weighted by Crippen LogP contribution is 2.25. The molecule has 0 unspecified atom stereocenters. The monoisotopic (exact) mass is 400 g/mol. The second kappa shape index (κ2) is 8.49. The molecule has 0 aromatic heterocycles. The summed E-state index contributed by atoms with van der Waals surface area (Å²) in [7, 11) is 1.77. The van der Waals surface area contributed by atoms with Crippen molar-refractivity contribution in [2.75, 3.05) is 20.1 Å². The number of rotatable bonds is 3. The van der Waals surface area contributed by atoms with Crippen LogP contribution in [0.3, 0.4) is 0 Å². The summed E-state index contributed by atoms with van der Waals surface area (Å²) in [6.45, 7) is 7.02. The molecule has 0 spiro atoms. The summed E-state index contributed by atoms with van der Waals surface area (Å²) >= 11 is 12.1. The van der Waals surface area contributed by atoms with Crippen molar-refractivity contribution in [1.82, 2.24) is 9.80 Å². The fourth-order valence-corrected chi connectivity index (χ4v) is 3.40. The van der Waals surface area contributed by atoms with E-state index in [2.05, 4.69) is 0 Å². The molecule has 1 aliphatic heterocycles. The lowest BCUT2D eigenvalue weighted by atomic mass is 9.95. The van der Waals surface area contributed by atoms with E-state index < -0.39 is 5.60 Å². The maximum absolute atomic E-state index is 12.7. The Bertz CT molecular complexity index is 665. The Morgan fingerprint density at radius 1 is 1.23 bits per heavy atom. The number of piperidine rings is 1. The Kier molecular flexibility index (Phi) is 6.80. The summed E-state index contributed by atoms with van der Waals surface area (Å²) in [5.74, 6) is -0.0235. The number of ether oxygens (including phenoxy) is 1. The van der Waals surface area contributed by atoms with Crippen LogP contribution in [0.15, 0.2) is 18.2 Å². The van der Waals surface area contributed by atoms with Crippen LogP contribution < -0.4 is 0 Å². The molecule has 0 atom stereocenters. The number of carbonyl (C=O) groups excluding carboxylic acids is 2. The van der Waals surface area contributed by atoms with Gasteiger partial charge < -0.3 is 14.5 Å². The molecule has 1 heterocycles. The molecule has 144 valence electrons. The van der Waals surface area contributed by atoms with E-state index in [9.17, 15) is 9.59 Å². The fourth-order valence-electron chi connectivity index (χ4n) is 2.93. The van der Waals surface area contributed by atoms with Crippen LogP contribution in [-0.2, 0) is 16.1 Å². The van der Waals surface area contributed by atoms with E-state index in [1.165, 1.54) is 0 Å². The molecule has 0 N–H and O–H groups in total. The minimum Gasteiger partial charge on any atom is -0.444 e. The van der Waals surface area contributed by atoms with Gasteiger partial charge in [0.05, 0.1) is 0 Å². The summed E-state index contributed by atoms with van der Waals surface area (Å²) < 4.78 is 5.39. The van der Waals surface area contributed by atoms with Gasteiger partial charge in [-0.05, 0) is 51.3 Å². The average molecular weight is 401 g/mol. The van der Waals surface area contributed by atoms with Crippen molar-refractivity contribution in [3.05, 3.63) is 33.8 Å². The minimum atomic E-state index is -0.512. The van der Waals surface area contributed by atoms with Crippen molar-refractivity contribution in [2.45, 2.75) is 45.8 Å². The highest BCUT2D eigenvalue weighted by Gasteiger charge is 2.31. The van der Waals surface area contributed by atoms with Crippen molar-refractivity contribution < 1.29 is 14.3 Å². The minimum absolute atomic E-state index is 0.0693. The molecule has 1 aromatic carbocycles. The van der Waals surface area contributed by atoms with Crippen LogP contribution in [0.2, 0.25) is 10.0 Å². The topological polar surface area (TPSA) is 49.9 Å². The predicted octanol–water partition coefficient (Wildman–Crippen LogP) is 4.60. The lowest BCUT2D eigenvalue weighted by molar-refractivity contribution is -0.136. The number of benzene rings is 1. The smallest absolute Gasteiger partial charge is 0.410 e. The maximum atomic E-state index is 12.7. The molecule has 26 heavy (non-hydrogen) atoms. The molecular weight excluding hydrogens is 375 g/mol. The Balaban J connectivity index is 1.88. The van der Waals surface area contributed by atoms with Crippen molar-refractivity contribution in [3.8, 4) is 0 Å². The first kappa shape index (κ1) is 20.8. The van der Waals surface area contributed by atoms with Gasteiger partial charge in [0.15, 0.2) is 0 Å². The first-order chi connectivity index (χ1) is 12.1. The zero-order valence-corrected chi connectivity index (χ0v) is 17.2. The molecule has 0 aliphatic carbocycles. The second-order valence-electron chi connectivity index (χ2n) is 7.67. The quantitative estimate of drug-likeness (QED) is 0.744. The lowest BCUT2D eigenvalue weighted by Gasteiger charge is -2.34. The van der Waals surface area contributed by atoms with Crippen molar-refractivity contribution >= 4 is 35.2 Å². The third-order valence-electron chi connectivity index (χ3n) is 4.29. The molecule has 0 bridgehead atoms. The van der Waals surface area contributed by atoms with Gasteiger partial charge in [-0.1, -0.05) is 29.3 Å². The summed E-state index contributed by atoms with van der Waals surface area (Å²) in [5.41, 5.74) is 0.347. The van der Waals surface area contributed by atoms with Gasteiger partial charge in [0.2, 0.25) is 5.91 Å². The van der Waals surface area contributed by atoms with Crippen LogP contribution in [0.4, 0.5) is 4.79 Å². The Hall–Kier alpha value is -1.46. The number of hydrogen-bond donors (Lipinski definition) is 0. The summed E-state index contributed by atoms with van der Waals surface area (Å²) in [6.07, 6.45) is 0.956. The van der Waals surface area contributed by atoms with E-state index in [0.29, 0.717) is 42.5 Å². The first-order valence-electron chi connectivity index (χ1n) is 8.73. The molecular formula is C19H26Cl2N2O3. The van der Waals surface area contributed by atoms with Gasteiger partial charge >= 0.3 is 6.09 Å². The van der Waals surface area contributed by atoms with E-state index in [-0.39, 0.29) is 17.9 Å². The van der Waals surface area contributed by atoms with Gasteiger partial charge in [-0.3, -0.25) is 4.79 Å². The van der Waals surface area contributed by atoms with E-state index in [0.717, 1.165) is 5.56 Å². The zero-order chi connectivity index (χ0) is 19.5. The molecule has 0 radical (unpaired) electrons. The normalized spacial score (nSPS) is 15.7. The van der Waals surface area contributed by atoms with Crippen molar-refractivity contribution in [2.24, 2.45) is 5.92 Å². The third kappa shape index (κ3) is 5.78. The van der Waals surface area contributed by atoms with Gasteiger partial charge in [0.25, 0.3) is 0 Å². The van der Waals surface area contributed by atoms with Crippen LogP contribution in [0.25, 0.3) is 0 Å². The number of nitrogens with zero attached hydrogens (tertiary/aromatic N) is 2. The molecule has 1 aromatic rings. The standard InChI is InChI=1S/C19H26Cl2N2O3/c1-19(2,3)26-18(25)23-9-7-13(8-10-23)17(24)22(4)12-14-5-6-15(20)11-16(14)21/h5-6,11,13H,7-10,12H2,1-4H3. The zero-order valence-electron chi connectivity index (χ0n) is 15.7. The largest absolute Gasteiger partial charge is 0.444 e. The summed E-state index contributed by atoms with van der Waals surface area (Å²) in [6, 6.07) is 5.27. The fraction of sp³-hybridized carbons (Fsp3) is 0.579. The molecule has 2 rings (SSSR count). The molecule has 2 amide bonds. The Morgan fingerprint density at radius 3 is 2.38 bits per heavy atom. The first-order valence-corrected chi connectivity index (χ1v) is 9.49. The van der Waals surface area contributed by atoms with E-state index in [1.807, 2.05) is 26.8 Å². The molecule has 1 aliphatic rings. The highest BCUT2D eigenvalue weighted by molar-refractivity contribution is 6.35. The molecule has 1 saturated heterocycles. The van der Waals surface area contributed by atoms with Gasteiger partial charge in [-0.15, -0.1) is 0 Å². The highest BCUT2D eigenvalue weighted by atomic mass is 35.5. The number of amides is 2. The van der Waals surface area contributed by atoms with Crippen LogP contribution >= 0.6 is 23.2 Å². The molecule has 7 heteroatoms. The van der Waals surface area contributed by atoms with Gasteiger partial charge in [-0.25, -0.2) is 4.79 Å². The van der Waals surface area contributed by atoms with Gasteiger partial charge in [-0.2, -0.15) is 0 Å². The maximum Gasteiger partial charge on any atom is 0.410 e. The second-order valence-corrected chi connectivity index (χ2v) is 8.52. The van der Waals surface area contributed by atoms with E-state index >= 15 is 0 Å². The number of likely N-dealkylation sites (tertiary alicyclic amines) is 1. The van der Waals surface area contributed by atoms with E-state index in [1.54, 1.807) is 29.0 Å². The Morgan fingerprint density at radius 2 is 1.85 bits per heavy atom. The van der Waals surface area contributed by atoms with Crippen LogP contribution in [0, 0.1) is 5.92 Å². The SMILES string of the molecule is CN(Cc1ccc(Cl)cc1Cl)C(=O)C1CCN(C(=O)OC(C)(C)C)CC1. The Labute approximate surface area is 165 Å². The van der Waals surface area contributed by atoms with Crippen LogP contribution in [0.1, 0.15) is 39.2 Å². The lowest BCUT2D eigenvalue weighted by Crippen LogP contribution is -2.45. The summed E-state index contributed by atoms with van der Waals surface area (Å²) in [4.78, 5) is 28.2. The van der Waals surface area contributed by atoms with Crippen molar-refractivity contribution in [3.63, 3.8) is 0 Å². The number of carbonyl (C=O) groups is 2. The van der Waals surface area contributed by atoms with Crippen LogP contribution in [0.5, 0.6) is 0 Å². The van der Waals surface area contributed by atoms with Gasteiger partial charge in [0.1, 0.15) is 5.60 Å². The molecule has 1 fully saturated rings. The summed E-state index contributed by atoms with van der Waals surface area (Å²) in [5, 5.41) is 1.12. The molecule has 5 nitrogen and oxygen atoms in total. The van der Waals surface area contributed by atoms with E-state index in [4.69, 9.17) is 27.9 Å². The number of hydrogen-bond acceptors (Lipinski definition) is 3.